The molecule has 0 spiro atoms. The molecule has 0 bridgehead atoms. The van der Waals surface area contributed by atoms with Crippen molar-refractivity contribution in [3.63, 3.8) is 0 Å². The quantitative estimate of drug-likeness (QED) is 0.889. The molecule has 1 aliphatic heterocycles. The summed E-state index contributed by atoms with van der Waals surface area (Å²) in [6.07, 6.45) is 2.32. The van der Waals surface area contributed by atoms with Gasteiger partial charge in [-0.25, -0.2) is 4.98 Å². The molecule has 1 aliphatic rings. The van der Waals surface area contributed by atoms with E-state index in [4.69, 9.17) is 28.9 Å². The van der Waals surface area contributed by atoms with E-state index in [0.29, 0.717) is 16.4 Å². The van der Waals surface area contributed by atoms with Gasteiger partial charge in [0.25, 0.3) is 0 Å². The fourth-order valence-corrected chi connectivity index (χ4v) is 2.47. The number of rotatable bonds is 2. The lowest BCUT2D eigenvalue weighted by atomic mass is 10.3. The van der Waals surface area contributed by atoms with Gasteiger partial charge in [0, 0.05) is 19.2 Å². The van der Waals surface area contributed by atoms with Crippen molar-refractivity contribution >= 4 is 35.0 Å². The summed E-state index contributed by atoms with van der Waals surface area (Å²) in [7, 11) is 0. The summed E-state index contributed by atoms with van der Waals surface area (Å²) in [4.78, 5) is 10.6. The second-order valence-electron chi connectivity index (χ2n) is 4.36. The summed E-state index contributed by atoms with van der Waals surface area (Å²) in [5, 5.41) is 7.28. The van der Waals surface area contributed by atoms with Crippen molar-refractivity contribution in [3.8, 4) is 11.4 Å². The first kappa shape index (κ1) is 12.5. The fraction of sp³-hybridized carbons (Fsp3) is 0.364. The Morgan fingerprint density at radius 1 is 1.21 bits per heavy atom. The number of halogens is 2. The Labute approximate surface area is 119 Å². The Kier molecular flexibility index (Phi) is 3.20. The smallest absolute Gasteiger partial charge is 0.222 e. The predicted molar refractivity (Wildman–Crippen MR) is 75.5 cm³/mol. The number of nitrogens with two attached hydrogens (primary N) is 1. The Bertz CT molecular complexity index is 605. The van der Waals surface area contributed by atoms with E-state index in [2.05, 4.69) is 25.1 Å². The van der Waals surface area contributed by atoms with Gasteiger partial charge in [0.15, 0.2) is 0 Å². The molecular formula is C11H12Cl2N6. The lowest BCUT2D eigenvalue weighted by Gasteiger charge is -2.16. The van der Waals surface area contributed by atoms with E-state index in [1.54, 1.807) is 0 Å². The van der Waals surface area contributed by atoms with E-state index in [1.807, 2.05) is 6.07 Å². The van der Waals surface area contributed by atoms with Gasteiger partial charge in [-0.15, -0.1) is 0 Å². The number of nitrogens with zero attached hydrogens (tertiary/aromatic N) is 4. The molecule has 3 N–H and O–H groups in total. The molecule has 1 fully saturated rings. The van der Waals surface area contributed by atoms with Crippen LogP contribution in [-0.2, 0) is 0 Å². The second kappa shape index (κ2) is 4.86. The first-order valence-corrected chi connectivity index (χ1v) is 6.70. The number of anilines is 2. The third-order valence-corrected chi connectivity index (χ3v) is 3.81. The van der Waals surface area contributed by atoms with Gasteiger partial charge in [-0.05, 0) is 12.8 Å². The van der Waals surface area contributed by atoms with Crippen LogP contribution in [0.4, 0.5) is 11.8 Å². The molecule has 0 unspecified atom stereocenters. The number of H-pyrrole nitrogens is 1. The van der Waals surface area contributed by atoms with Crippen LogP contribution < -0.4 is 10.6 Å². The molecule has 100 valence electrons. The molecule has 2 aromatic rings. The van der Waals surface area contributed by atoms with E-state index in [9.17, 15) is 0 Å². The zero-order valence-corrected chi connectivity index (χ0v) is 11.5. The minimum Gasteiger partial charge on any atom is -0.368 e. The van der Waals surface area contributed by atoms with E-state index in [0.717, 1.165) is 31.7 Å². The van der Waals surface area contributed by atoms with Crippen LogP contribution in [0.1, 0.15) is 12.8 Å². The van der Waals surface area contributed by atoms with E-state index < -0.39 is 0 Å². The Balaban J connectivity index is 2.04. The van der Waals surface area contributed by atoms with Gasteiger partial charge >= 0.3 is 0 Å². The van der Waals surface area contributed by atoms with Crippen LogP contribution in [0.2, 0.25) is 10.2 Å². The van der Waals surface area contributed by atoms with E-state index >= 15 is 0 Å². The van der Waals surface area contributed by atoms with Crippen LogP contribution in [-0.4, -0.2) is 33.3 Å². The molecule has 2 aromatic heterocycles. The maximum atomic E-state index is 6.07. The first-order valence-electron chi connectivity index (χ1n) is 5.94. The maximum absolute atomic E-state index is 6.07. The van der Waals surface area contributed by atoms with Crippen molar-refractivity contribution < 1.29 is 0 Å². The van der Waals surface area contributed by atoms with Gasteiger partial charge in [-0.1, -0.05) is 23.2 Å². The number of hydrogen-bond donors (Lipinski definition) is 2. The Hall–Kier alpha value is -1.53. The van der Waals surface area contributed by atoms with E-state index in [-0.39, 0.29) is 11.1 Å². The third-order valence-electron chi connectivity index (χ3n) is 3.07. The monoisotopic (exact) mass is 298 g/mol. The van der Waals surface area contributed by atoms with Crippen molar-refractivity contribution in [2.24, 2.45) is 0 Å². The molecule has 0 aliphatic carbocycles. The number of hydrogen-bond acceptors (Lipinski definition) is 5. The average Bonchev–Trinajstić information content (AvgIpc) is 3.01. The van der Waals surface area contributed by atoms with Crippen LogP contribution in [0.5, 0.6) is 0 Å². The molecule has 3 heterocycles. The zero-order chi connectivity index (χ0) is 13.4. The van der Waals surface area contributed by atoms with Gasteiger partial charge < -0.3 is 10.6 Å². The molecule has 3 rings (SSSR count). The summed E-state index contributed by atoms with van der Waals surface area (Å²) in [5.41, 5.74) is 6.82. The molecule has 0 aromatic carbocycles. The van der Waals surface area contributed by atoms with Crippen molar-refractivity contribution in [1.29, 1.82) is 0 Å². The van der Waals surface area contributed by atoms with Gasteiger partial charge in [-0.3, -0.25) is 5.10 Å². The predicted octanol–water partition coefficient (Wildman–Crippen LogP) is 2.36. The normalized spacial score (nSPS) is 15.2. The van der Waals surface area contributed by atoms with Crippen LogP contribution in [0.15, 0.2) is 6.07 Å². The molecule has 0 atom stereocenters. The highest BCUT2D eigenvalue weighted by atomic mass is 35.5. The van der Waals surface area contributed by atoms with Crippen molar-refractivity contribution in [2.75, 3.05) is 23.7 Å². The second-order valence-corrected chi connectivity index (χ2v) is 5.12. The Morgan fingerprint density at radius 3 is 2.58 bits per heavy atom. The van der Waals surface area contributed by atoms with Crippen LogP contribution >= 0.6 is 23.2 Å². The summed E-state index contributed by atoms with van der Waals surface area (Å²) in [6, 6.07) is 1.83. The highest BCUT2D eigenvalue weighted by Gasteiger charge is 2.18. The maximum Gasteiger partial charge on any atom is 0.222 e. The highest BCUT2D eigenvalue weighted by molar-refractivity contribution is 6.42. The number of nitrogen functional groups attached to an aromatic ring is 1. The summed E-state index contributed by atoms with van der Waals surface area (Å²) in [6.45, 7) is 1.95. The van der Waals surface area contributed by atoms with E-state index in [1.165, 1.54) is 0 Å². The topological polar surface area (TPSA) is 83.7 Å². The largest absolute Gasteiger partial charge is 0.368 e. The fourth-order valence-electron chi connectivity index (χ4n) is 2.16. The molecule has 19 heavy (non-hydrogen) atoms. The molecule has 0 saturated carbocycles. The molecule has 1 saturated heterocycles. The third kappa shape index (κ3) is 2.33. The Morgan fingerprint density at radius 2 is 1.95 bits per heavy atom. The van der Waals surface area contributed by atoms with Crippen LogP contribution in [0, 0.1) is 0 Å². The SMILES string of the molecule is Nc1nc(-c2n[nH]c(Cl)c2Cl)cc(N2CCCC2)n1. The van der Waals surface area contributed by atoms with Gasteiger partial charge in [0.1, 0.15) is 21.7 Å². The minimum atomic E-state index is 0.203. The van der Waals surface area contributed by atoms with Crippen molar-refractivity contribution in [2.45, 2.75) is 12.8 Å². The number of aromatic nitrogens is 4. The lowest BCUT2D eigenvalue weighted by Crippen LogP contribution is -2.19. The first-order chi connectivity index (χ1) is 9.15. The zero-order valence-electron chi connectivity index (χ0n) is 10.0. The molecule has 8 heteroatoms. The lowest BCUT2D eigenvalue weighted by molar-refractivity contribution is 0.931. The van der Waals surface area contributed by atoms with Crippen LogP contribution in [0.25, 0.3) is 11.4 Å². The standard InChI is InChI=1S/C11H12Cl2N6/c12-8-9(17-18-10(8)13)6-5-7(16-11(14)15-6)19-3-1-2-4-19/h5H,1-4H2,(H,17,18)(H2,14,15,16). The molecule has 0 radical (unpaired) electrons. The highest BCUT2D eigenvalue weighted by Crippen LogP contribution is 2.32. The summed E-state index contributed by atoms with van der Waals surface area (Å²) in [5.74, 6) is 1.00. The van der Waals surface area contributed by atoms with Crippen LogP contribution in [0.3, 0.4) is 0 Å². The molecule has 6 nitrogen and oxygen atoms in total. The molecular weight excluding hydrogens is 287 g/mol. The van der Waals surface area contributed by atoms with Crippen molar-refractivity contribution in [3.05, 3.63) is 16.2 Å². The summed E-state index contributed by atoms with van der Waals surface area (Å²) >= 11 is 11.9. The summed E-state index contributed by atoms with van der Waals surface area (Å²) < 4.78 is 0. The molecule has 0 amide bonds. The number of aromatic amines is 1. The van der Waals surface area contributed by atoms with Gasteiger partial charge in [0.05, 0.1) is 5.69 Å². The minimum absolute atomic E-state index is 0.203. The van der Waals surface area contributed by atoms with Crippen molar-refractivity contribution in [1.82, 2.24) is 20.2 Å². The van der Waals surface area contributed by atoms with Gasteiger partial charge in [-0.2, -0.15) is 10.1 Å². The average molecular weight is 299 g/mol. The number of nitrogens with one attached hydrogen (secondary N) is 1. The van der Waals surface area contributed by atoms with Gasteiger partial charge in [0.2, 0.25) is 5.95 Å².